The molecule has 0 amide bonds. The van der Waals surface area contributed by atoms with Crippen LogP contribution in [0.2, 0.25) is 0 Å². The number of carbonyl (C=O) groups excluding carboxylic acids is 1. The van der Waals surface area contributed by atoms with Crippen LogP contribution in [0, 0.1) is 5.92 Å². The third-order valence-corrected chi connectivity index (χ3v) is 5.60. The lowest BCUT2D eigenvalue weighted by Gasteiger charge is -2.34. The molecule has 116 valence electrons. The minimum Gasteiger partial charge on any atom is -0.466 e. The third kappa shape index (κ3) is 5.01. The molecule has 21 heavy (non-hydrogen) atoms. The molecule has 0 aromatic heterocycles. The van der Waals surface area contributed by atoms with Gasteiger partial charge in [-0.15, -0.1) is 11.8 Å². The van der Waals surface area contributed by atoms with Crippen molar-refractivity contribution in [2.45, 2.75) is 43.1 Å². The van der Waals surface area contributed by atoms with Crippen LogP contribution in [0.3, 0.4) is 0 Å². The minimum atomic E-state index is -0.671. The van der Waals surface area contributed by atoms with E-state index in [1.165, 1.54) is 0 Å². The Hall–Kier alpha value is -0.520. The molecule has 3 nitrogen and oxygen atoms in total. The highest BCUT2D eigenvalue weighted by Gasteiger charge is 2.36. The van der Waals surface area contributed by atoms with Gasteiger partial charge in [0.15, 0.2) is 0 Å². The van der Waals surface area contributed by atoms with E-state index < -0.39 is 5.60 Å². The second-order valence-electron chi connectivity index (χ2n) is 5.50. The number of aliphatic hydroxyl groups is 1. The molecular formula is C16H21BrO3S. The van der Waals surface area contributed by atoms with Crippen molar-refractivity contribution in [1.82, 2.24) is 0 Å². The van der Waals surface area contributed by atoms with Gasteiger partial charge in [0.1, 0.15) is 0 Å². The van der Waals surface area contributed by atoms with Gasteiger partial charge in [0, 0.05) is 15.1 Å². The van der Waals surface area contributed by atoms with E-state index in [1.807, 2.05) is 25.1 Å². The highest BCUT2D eigenvalue weighted by atomic mass is 79.9. The number of halogens is 1. The van der Waals surface area contributed by atoms with Crippen molar-refractivity contribution in [1.29, 1.82) is 0 Å². The number of hydrogen-bond acceptors (Lipinski definition) is 4. The molecule has 0 unspecified atom stereocenters. The molecule has 0 spiro atoms. The molecule has 0 atom stereocenters. The topological polar surface area (TPSA) is 46.5 Å². The van der Waals surface area contributed by atoms with Crippen molar-refractivity contribution < 1.29 is 14.6 Å². The lowest BCUT2D eigenvalue weighted by atomic mass is 9.80. The summed E-state index contributed by atoms with van der Waals surface area (Å²) in [5, 5.41) is 10.6. The molecule has 0 bridgehead atoms. The summed E-state index contributed by atoms with van der Waals surface area (Å²) in [6, 6.07) is 8.08. The smallest absolute Gasteiger partial charge is 0.308 e. The van der Waals surface area contributed by atoms with Gasteiger partial charge in [0.25, 0.3) is 0 Å². The van der Waals surface area contributed by atoms with Gasteiger partial charge in [-0.25, -0.2) is 0 Å². The van der Waals surface area contributed by atoms with Crippen LogP contribution in [-0.4, -0.2) is 29.0 Å². The summed E-state index contributed by atoms with van der Waals surface area (Å²) in [7, 11) is 0. The van der Waals surface area contributed by atoms with Crippen LogP contribution in [0.1, 0.15) is 32.6 Å². The summed E-state index contributed by atoms with van der Waals surface area (Å²) < 4.78 is 6.11. The maximum absolute atomic E-state index is 11.7. The van der Waals surface area contributed by atoms with Crippen molar-refractivity contribution in [2.24, 2.45) is 5.92 Å². The maximum atomic E-state index is 11.7. The fourth-order valence-electron chi connectivity index (χ4n) is 2.57. The van der Waals surface area contributed by atoms with Crippen molar-refractivity contribution in [3.63, 3.8) is 0 Å². The van der Waals surface area contributed by atoms with E-state index in [4.69, 9.17) is 4.74 Å². The molecule has 1 aliphatic carbocycles. The number of benzene rings is 1. The summed E-state index contributed by atoms with van der Waals surface area (Å²) in [6.45, 7) is 2.25. The highest BCUT2D eigenvalue weighted by molar-refractivity contribution is 9.10. The van der Waals surface area contributed by atoms with Gasteiger partial charge in [-0.3, -0.25) is 4.79 Å². The van der Waals surface area contributed by atoms with E-state index >= 15 is 0 Å². The Labute approximate surface area is 138 Å². The Kier molecular flexibility index (Phi) is 6.14. The van der Waals surface area contributed by atoms with Crippen molar-refractivity contribution in [3.05, 3.63) is 28.7 Å². The number of rotatable bonds is 5. The van der Waals surface area contributed by atoms with Gasteiger partial charge in [-0.2, -0.15) is 0 Å². The van der Waals surface area contributed by atoms with E-state index in [0.29, 0.717) is 38.0 Å². The van der Waals surface area contributed by atoms with Crippen molar-refractivity contribution in [3.8, 4) is 0 Å². The number of carbonyl (C=O) groups is 1. The van der Waals surface area contributed by atoms with Crippen LogP contribution in [0.4, 0.5) is 0 Å². The zero-order valence-electron chi connectivity index (χ0n) is 12.2. The quantitative estimate of drug-likeness (QED) is 0.626. The Balaban J connectivity index is 1.83. The second kappa shape index (κ2) is 7.65. The summed E-state index contributed by atoms with van der Waals surface area (Å²) in [6.07, 6.45) is 2.76. The van der Waals surface area contributed by atoms with Gasteiger partial charge in [0.05, 0.1) is 18.1 Å². The number of ether oxygens (including phenoxy) is 1. The molecule has 5 heteroatoms. The molecule has 1 aromatic carbocycles. The molecule has 0 heterocycles. The van der Waals surface area contributed by atoms with Crippen LogP contribution in [0.25, 0.3) is 0 Å². The van der Waals surface area contributed by atoms with Gasteiger partial charge in [0.2, 0.25) is 0 Å². The number of esters is 1. The first kappa shape index (κ1) is 16.8. The molecule has 1 fully saturated rings. The van der Waals surface area contributed by atoms with Crippen molar-refractivity contribution >= 4 is 33.7 Å². The Bertz CT molecular complexity index is 484. The summed E-state index contributed by atoms with van der Waals surface area (Å²) in [4.78, 5) is 12.9. The fourth-order valence-corrected chi connectivity index (χ4v) is 4.23. The Morgan fingerprint density at radius 3 is 2.81 bits per heavy atom. The van der Waals surface area contributed by atoms with Gasteiger partial charge in [-0.05, 0) is 50.8 Å². The summed E-state index contributed by atoms with van der Waals surface area (Å²) in [5.41, 5.74) is -0.671. The van der Waals surface area contributed by atoms with Gasteiger partial charge < -0.3 is 9.84 Å². The predicted molar refractivity (Wildman–Crippen MR) is 88.4 cm³/mol. The normalized spacial score (nSPS) is 25.6. The molecule has 0 aliphatic heterocycles. The average Bonchev–Trinajstić information content (AvgIpc) is 2.46. The highest BCUT2D eigenvalue weighted by Crippen LogP contribution is 2.37. The van der Waals surface area contributed by atoms with Crippen molar-refractivity contribution in [2.75, 3.05) is 12.4 Å². The first-order valence-electron chi connectivity index (χ1n) is 7.30. The van der Waals surface area contributed by atoms with E-state index in [-0.39, 0.29) is 11.9 Å². The van der Waals surface area contributed by atoms with Crippen LogP contribution in [0.5, 0.6) is 0 Å². The van der Waals surface area contributed by atoms with E-state index in [0.717, 1.165) is 9.37 Å². The lowest BCUT2D eigenvalue weighted by Crippen LogP contribution is -2.38. The number of hydrogen-bond donors (Lipinski definition) is 1. The lowest BCUT2D eigenvalue weighted by molar-refractivity contribution is -0.150. The molecule has 1 N–H and O–H groups in total. The zero-order chi connectivity index (χ0) is 15.3. The van der Waals surface area contributed by atoms with Crippen LogP contribution in [-0.2, 0) is 9.53 Å². The minimum absolute atomic E-state index is 0.0407. The second-order valence-corrected chi connectivity index (χ2v) is 7.46. The molecular weight excluding hydrogens is 352 g/mol. The fraction of sp³-hybridized carbons (Fsp3) is 0.562. The summed E-state index contributed by atoms with van der Waals surface area (Å²) >= 11 is 5.12. The zero-order valence-corrected chi connectivity index (χ0v) is 14.6. The predicted octanol–water partition coefficient (Wildman–Crippen LogP) is 4.03. The molecule has 1 aromatic rings. The molecule has 0 radical (unpaired) electrons. The standard InChI is InChI=1S/C16H21BrO3S/c1-2-20-15(18)12-6-8-16(19,9-7-12)11-21-14-5-3-4-13(17)10-14/h3-5,10,12,19H,2,6-9,11H2,1H3. The molecule has 2 rings (SSSR count). The van der Waals surface area contributed by atoms with E-state index in [9.17, 15) is 9.90 Å². The first-order valence-corrected chi connectivity index (χ1v) is 9.08. The van der Waals surface area contributed by atoms with Crippen LogP contribution >= 0.6 is 27.7 Å². The largest absolute Gasteiger partial charge is 0.466 e. The van der Waals surface area contributed by atoms with Crippen LogP contribution in [0.15, 0.2) is 33.6 Å². The van der Waals surface area contributed by atoms with E-state index in [1.54, 1.807) is 11.8 Å². The molecule has 1 saturated carbocycles. The maximum Gasteiger partial charge on any atom is 0.308 e. The SMILES string of the molecule is CCOC(=O)C1CCC(O)(CSc2cccc(Br)c2)CC1. The average molecular weight is 373 g/mol. The van der Waals surface area contributed by atoms with Gasteiger partial charge in [-0.1, -0.05) is 22.0 Å². The van der Waals surface area contributed by atoms with Crippen LogP contribution < -0.4 is 0 Å². The third-order valence-electron chi connectivity index (χ3n) is 3.84. The first-order chi connectivity index (χ1) is 10.0. The molecule has 1 aliphatic rings. The monoisotopic (exact) mass is 372 g/mol. The summed E-state index contributed by atoms with van der Waals surface area (Å²) in [5.74, 6) is 0.513. The molecule has 0 saturated heterocycles. The van der Waals surface area contributed by atoms with E-state index in [2.05, 4.69) is 22.0 Å². The van der Waals surface area contributed by atoms with Gasteiger partial charge >= 0.3 is 5.97 Å². The Morgan fingerprint density at radius 2 is 2.19 bits per heavy atom. The number of thioether (sulfide) groups is 1. The Morgan fingerprint density at radius 1 is 1.48 bits per heavy atom.